The minimum Gasteiger partial charge on any atom is -0.496 e. The fourth-order valence-electron chi connectivity index (χ4n) is 4.73. The number of allylic oxidation sites excluding steroid dienone is 7. The van der Waals surface area contributed by atoms with Gasteiger partial charge in [0, 0.05) is 30.6 Å². The van der Waals surface area contributed by atoms with Crippen molar-refractivity contribution in [3.63, 3.8) is 0 Å². The van der Waals surface area contributed by atoms with Gasteiger partial charge < -0.3 is 20.1 Å². The lowest BCUT2D eigenvalue weighted by Gasteiger charge is -2.44. The molecule has 29 heavy (non-hydrogen) atoms. The van der Waals surface area contributed by atoms with Crippen LogP contribution in [0.4, 0.5) is 0 Å². The summed E-state index contributed by atoms with van der Waals surface area (Å²) in [4.78, 5) is 1.87. The molecule has 1 heterocycles. The third kappa shape index (κ3) is 4.37. The molecule has 0 saturated carbocycles. The summed E-state index contributed by atoms with van der Waals surface area (Å²) in [6.07, 6.45) is 10.7. The second kappa shape index (κ2) is 8.82. The van der Waals surface area contributed by atoms with Gasteiger partial charge in [0.15, 0.2) is 5.88 Å². The van der Waals surface area contributed by atoms with Crippen molar-refractivity contribution in [3.05, 3.63) is 59.4 Å². The summed E-state index contributed by atoms with van der Waals surface area (Å²) in [5, 5.41) is 22.8. The van der Waals surface area contributed by atoms with Gasteiger partial charge in [-0.1, -0.05) is 32.9 Å². The summed E-state index contributed by atoms with van der Waals surface area (Å²) in [7, 11) is 1.61. The van der Waals surface area contributed by atoms with E-state index in [9.17, 15) is 10.4 Å². The highest BCUT2D eigenvalue weighted by atomic mass is 16.5. The van der Waals surface area contributed by atoms with E-state index in [1.807, 2.05) is 17.1 Å². The van der Waals surface area contributed by atoms with Crippen LogP contribution in [0.2, 0.25) is 0 Å². The van der Waals surface area contributed by atoms with E-state index >= 15 is 0 Å². The number of nitrogens with zero attached hydrogens (tertiary/aromatic N) is 2. The summed E-state index contributed by atoms with van der Waals surface area (Å²) in [5.41, 5.74) is 3.17. The zero-order chi connectivity index (χ0) is 21.1. The van der Waals surface area contributed by atoms with Gasteiger partial charge in [-0.15, -0.1) is 0 Å². The predicted molar refractivity (Wildman–Crippen MR) is 115 cm³/mol. The highest BCUT2D eigenvalue weighted by molar-refractivity contribution is 5.46. The van der Waals surface area contributed by atoms with Crippen LogP contribution < -0.4 is 5.32 Å². The Morgan fingerprint density at radius 2 is 2.14 bits per heavy atom. The highest BCUT2D eigenvalue weighted by Gasteiger charge is 2.35. The molecule has 5 nitrogen and oxygen atoms in total. The maximum atomic E-state index is 9.55. The van der Waals surface area contributed by atoms with Crippen molar-refractivity contribution in [1.29, 1.82) is 5.26 Å². The van der Waals surface area contributed by atoms with Crippen LogP contribution in [-0.4, -0.2) is 36.2 Å². The number of nitrogens with one attached hydrogen (secondary N) is 1. The summed E-state index contributed by atoms with van der Waals surface area (Å²) >= 11 is 0. The number of nitriles is 1. The molecule has 3 aliphatic rings. The topological polar surface area (TPSA) is 68.5 Å². The lowest BCUT2D eigenvalue weighted by atomic mass is 9.72. The first kappa shape index (κ1) is 21.1. The van der Waals surface area contributed by atoms with Gasteiger partial charge in [-0.2, -0.15) is 5.26 Å². The Kier molecular flexibility index (Phi) is 6.42. The molecule has 2 N–H and O–H groups in total. The summed E-state index contributed by atoms with van der Waals surface area (Å²) < 4.78 is 5.34. The van der Waals surface area contributed by atoms with Gasteiger partial charge in [0.1, 0.15) is 11.8 Å². The lowest BCUT2D eigenvalue weighted by molar-refractivity contribution is 0.102. The molecule has 0 bridgehead atoms. The van der Waals surface area contributed by atoms with Gasteiger partial charge in [0.2, 0.25) is 0 Å². The maximum absolute atomic E-state index is 9.55. The molecule has 0 aromatic rings. The van der Waals surface area contributed by atoms with Crippen LogP contribution in [0.25, 0.3) is 0 Å². The average Bonchev–Trinajstić information content (AvgIpc) is 2.68. The molecule has 2 aliphatic carbocycles. The van der Waals surface area contributed by atoms with Crippen LogP contribution in [0.15, 0.2) is 59.4 Å². The van der Waals surface area contributed by atoms with Crippen LogP contribution >= 0.6 is 0 Å². The van der Waals surface area contributed by atoms with Crippen LogP contribution in [0.1, 0.15) is 33.6 Å². The summed E-state index contributed by atoms with van der Waals surface area (Å²) in [6, 6.07) is 2.59. The molecule has 0 aromatic carbocycles. The largest absolute Gasteiger partial charge is 0.496 e. The van der Waals surface area contributed by atoms with E-state index in [4.69, 9.17) is 4.74 Å². The van der Waals surface area contributed by atoms with Crippen molar-refractivity contribution >= 4 is 0 Å². The minimum atomic E-state index is 0.144. The number of likely N-dealkylation sites (tertiary alicyclic amines) is 1. The van der Waals surface area contributed by atoms with Gasteiger partial charge in [0.05, 0.1) is 18.7 Å². The van der Waals surface area contributed by atoms with Gasteiger partial charge in [-0.05, 0) is 49.0 Å². The van der Waals surface area contributed by atoms with E-state index < -0.39 is 0 Å². The Balaban J connectivity index is 1.85. The number of ether oxygens (including phenoxy) is 1. The van der Waals surface area contributed by atoms with Crippen LogP contribution in [0.5, 0.6) is 0 Å². The van der Waals surface area contributed by atoms with Crippen LogP contribution in [0.3, 0.4) is 0 Å². The van der Waals surface area contributed by atoms with Crippen LogP contribution in [0, 0.1) is 35.0 Å². The predicted octanol–water partition coefficient (Wildman–Crippen LogP) is 4.41. The van der Waals surface area contributed by atoms with Crippen molar-refractivity contribution in [1.82, 2.24) is 10.2 Å². The lowest BCUT2D eigenvalue weighted by Crippen LogP contribution is -2.57. The molecule has 1 fully saturated rings. The van der Waals surface area contributed by atoms with Crippen molar-refractivity contribution in [2.45, 2.75) is 39.7 Å². The smallest absolute Gasteiger partial charge is 0.179 e. The van der Waals surface area contributed by atoms with Crippen molar-refractivity contribution < 1.29 is 9.84 Å². The van der Waals surface area contributed by atoms with Crippen molar-refractivity contribution in [3.8, 4) is 6.07 Å². The second-order valence-electron chi connectivity index (χ2n) is 8.58. The molecule has 1 saturated heterocycles. The Bertz CT molecular complexity index is 806. The number of hydrogen-bond acceptors (Lipinski definition) is 5. The van der Waals surface area contributed by atoms with E-state index in [0.29, 0.717) is 35.1 Å². The first-order valence-electron chi connectivity index (χ1n) is 10.6. The first-order valence-corrected chi connectivity index (χ1v) is 10.6. The summed E-state index contributed by atoms with van der Waals surface area (Å²) in [5.74, 6) is 2.45. The van der Waals surface area contributed by atoms with Crippen molar-refractivity contribution in [2.24, 2.45) is 23.7 Å². The monoisotopic (exact) mass is 395 g/mol. The Labute approximate surface area is 174 Å². The SMILES string of the molecule is C=C(O)N1CC(NC2=CC(C3C=C(C#N)C(OC)=CC3)=CC(CC)C2C(C)C)C1. The third-order valence-corrected chi connectivity index (χ3v) is 6.32. The molecule has 3 rings (SSSR count). The standard InChI is InChI=1S/C24H33N3O2/c1-6-17-9-19(18-7-8-23(29-5)20(10-18)12-25)11-22(24(17)15(2)3)26-21-13-27(14-21)16(4)28/h8-11,15,17-18,21,24,26,28H,4,6-7,13-14H2,1-3,5H3. The quantitative estimate of drug-likeness (QED) is 0.625. The molecule has 1 aliphatic heterocycles. The Morgan fingerprint density at radius 1 is 1.41 bits per heavy atom. The minimum absolute atomic E-state index is 0.144. The normalized spacial score (nSPS) is 27.2. The second-order valence-corrected chi connectivity index (χ2v) is 8.58. The number of aliphatic hydroxyl groups is 1. The fourth-order valence-corrected chi connectivity index (χ4v) is 4.73. The first-order chi connectivity index (χ1) is 13.9. The maximum Gasteiger partial charge on any atom is 0.179 e. The molecule has 0 spiro atoms. The molecule has 3 atom stereocenters. The van der Waals surface area contributed by atoms with E-state index in [1.165, 1.54) is 11.3 Å². The molecular formula is C24H33N3O2. The third-order valence-electron chi connectivity index (χ3n) is 6.32. The average molecular weight is 396 g/mol. The number of aliphatic hydroxyl groups excluding tert-OH is 1. The van der Waals surface area contributed by atoms with E-state index in [-0.39, 0.29) is 11.8 Å². The van der Waals surface area contributed by atoms with Crippen LogP contribution in [-0.2, 0) is 4.74 Å². The van der Waals surface area contributed by atoms with Crippen molar-refractivity contribution in [2.75, 3.05) is 20.2 Å². The number of rotatable bonds is 7. The fraction of sp³-hybridized carbons (Fsp3) is 0.542. The Hall–Kier alpha value is -2.61. The number of methoxy groups -OCH3 is 1. The highest BCUT2D eigenvalue weighted by Crippen LogP contribution is 2.40. The molecule has 0 amide bonds. The molecule has 0 aromatic heterocycles. The zero-order valence-electron chi connectivity index (χ0n) is 18.0. The molecule has 0 radical (unpaired) electrons. The summed E-state index contributed by atoms with van der Waals surface area (Å²) in [6.45, 7) is 12.0. The Morgan fingerprint density at radius 3 is 2.69 bits per heavy atom. The van der Waals surface area contributed by atoms with Gasteiger partial charge in [-0.25, -0.2) is 0 Å². The van der Waals surface area contributed by atoms with E-state index in [1.54, 1.807) is 7.11 Å². The zero-order valence-corrected chi connectivity index (χ0v) is 18.0. The van der Waals surface area contributed by atoms with Gasteiger partial charge in [0.25, 0.3) is 0 Å². The molecule has 3 unspecified atom stereocenters. The molecule has 156 valence electrons. The van der Waals surface area contributed by atoms with E-state index in [2.05, 4.69) is 50.9 Å². The molecular weight excluding hydrogens is 362 g/mol. The van der Waals surface area contributed by atoms with Gasteiger partial charge in [-0.3, -0.25) is 0 Å². The van der Waals surface area contributed by atoms with E-state index in [0.717, 1.165) is 25.9 Å². The van der Waals surface area contributed by atoms with Gasteiger partial charge >= 0.3 is 0 Å². The number of hydrogen-bond donors (Lipinski definition) is 2. The molecule has 5 heteroatoms.